The number of aromatic nitrogens is 2. The molecule has 2 N–H and O–H groups in total. The predicted molar refractivity (Wildman–Crippen MR) is 94.3 cm³/mol. The summed E-state index contributed by atoms with van der Waals surface area (Å²) in [5.41, 5.74) is 10.3. The molecule has 1 fully saturated rings. The minimum Gasteiger partial charge on any atom is -0.355 e. The Labute approximate surface area is 133 Å². The molecule has 2 heterocycles. The molecule has 4 nitrogen and oxygen atoms in total. The van der Waals surface area contributed by atoms with Crippen LogP contribution in [0.3, 0.4) is 0 Å². The molecule has 0 bridgehead atoms. The molecular formula is C18H28N4. The molecule has 120 valence electrons. The van der Waals surface area contributed by atoms with Crippen LogP contribution in [0.15, 0.2) is 18.3 Å². The molecular weight excluding hydrogens is 272 g/mol. The minimum atomic E-state index is -0.0247. The van der Waals surface area contributed by atoms with Crippen molar-refractivity contribution < 1.29 is 0 Å². The molecule has 1 aromatic heterocycles. The lowest BCUT2D eigenvalue weighted by atomic mass is 10.0. The molecule has 0 saturated carbocycles. The summed E-state index contributed by atoms with van der Waals surface area (Å²) >= 11 is 0. The number of fused-ring (bicyclic) bond motifs is 1. The molecule has 22 heavy (non-hydrogen) atoms. The molecule has 2 aromatic rings. The number of benzene rings is 1. The van der Waals surface area contributed by atoms with Crippen molar-refractivity contribution >= 4 is 16.9 Å². The second-order valence-corrected chi connectivity index (χ2v) is 5.79. The summed E-state index contributed by atoms with van der Waals surface area (Å²) in [6, 6.07) is 4.18. The highest BCUT2D eigenvalue weighted by molar-refractivity contribution is 5.80. The van der Waals surface area contributed by atoms with Crippen molar-refractivity contribution in [1.82, 2.24) is 9.97 Å². The van der Waals surface area contributed by atoms with Crippen molar-refractivity contribution in [2.24, 2.45) is 5.73 Å². The van der Waals surface area contributed by atoms with Gasteiger partial charge in [-0.05, 0) is 50.3 Å². The molecule has 3 rings (SSSR count). The summed E-state index contributed by atoms with van der Waals surface area (Å²) in [6.45, 7) is 10.2. The van der Waals surface area contributed by atoms with Crippen LogP contribution in [0.25, 0.3) is 11.0 Å². The molecule has 0 aliphatic carbocycles. The van der Waals surface area contributed by atoms with Crippen molar-refractivity contribution in [3.05, 3.63) is 29.5 Å². The quantitative estimate of drug-likeness (QED) is 0.911. The van der Waals surface area contributed by atoms with Crippen LogP contribution in [0.1, 0.15) is 57.2 Å². The monoisotopic (exact) mass is 300 g/mol. The van der Waals surface area contributed by atoms with E-state index < -0.39 is 0 Å². The van der Waals surface area contributed by atoms with Gasteiger partial charge < -0.3 is 10.6 Å². The Morgan fingerprint density at radius 3 is 2.45 bits per heavy atom. The van der Waals surface area contributed by atoms with Crippen LogP contribution in [0.2, 0.25) is 0 Å². The van der Waals surface area contributed by atoms with Crippen LogP contribution in [0.4, 0.5) is 5.82 Å². The number of aryl methyl sites for hydroxylation is 1. The van der Waals surface area contributed by atoms with Gasteiger partial charge in [-0.25, -0.2) is 4.98 Å². The maximum atomic E-state index is 6.10. The highest BCUT2D eigenvalue weighted by Gasteiger charge is 2.15. The molecule has 4 heteroatoms. The molecule has 1 aromatic carbocycles. The zero-order valence-electron chi connectivity index (χ0n) is 14.3. The third-order valence-electron chi connectivity index (χ3n) is 3.98. The van der Waals surface area contributed by atoms with E-state index in [0.717, 1.165) is 35.5 Å². The van der Waals surface area contributed by atoms with Gasteiger partial charge in [0, 0.05) is 19.1 Å². The summed E-state index contributed by atoms with van der Waals surface area (Å²) in [7, 11) is 0. The Morgan fingerprint density at radius 2 is 1.82 bits per heavy atom. The van der Waals surface area contributed by atoms with Crippen molar-refractivity contribution in [2.45, 2.75) is 53.0 Å². The van der Waals surface area contributed by atoms with Crippen LogP contribution < -0.4 is 10.6 Å². The smallest absolute Gasteiger partial charge is 0.147 e. The first-order valence-corrected chi connectivity index (χ1v) is 8.43. The lowest BCUT2D eigenvalue weighted by molar-refractivity contribution is 0.573. The van der Waals surface area contributed by atoms with Gasteiger partial charge in [0.2, 0.25) is 0 Å². The van der Waals surface area contributed by atoms with Crippen LogP contribution >= 0.6 is 0 Å². The van der Waals surface area contributed by atoms with Crippen LogP contribution in [-0.2, 0) is 0 Å². The molecule has 1 aliphatic heterocycles. The van der Waals surface area contributed by atoms with Gasteiger partial charge in [-0.1, -0.05) is 19.9 Å². The summed E-state index contributed by atoms with van der Waals surface area (Å²) in [6.07, 6.45) is 5.71. The standard InChI is InChI=1S/C16H22N4.C2H6/c1-11-8-13(12(2)17)16-14(9-11)18-10-15(19-16)20-6-4-3-5-7-20;1-2/h8-10,12H,3-7,17H2,1-2H3;1-2H3. The highest BCUT2D eigenvalue weighted by atomic mass is 15.2. The van der Waals surface area contributed by atoms with Gasteiger partial charge in [-0.3, -0.25) is 4.98 Å². The van der Waals surface area contributed by atoms with Gasteiger partial charge in [0.15, 0.2) is 0 Å². The van der Waals surface area contributed by atoms with Gasteiger partial charge in [0.05, 0.1) is 17.2 Å². The summed E-state index contributed by atoms with van der Waals surface area (Å²) in [5.74, 6) is 0.989. The van der Waals surface area contributed by atoms with E-state index in [4.69, 9.17) is 10.7 Å². The molecule has 0 radical (unpaired) electrons. The number of piperidine rings is 1. The van der Waals surface area contributed by atoms with Crippen LogP contribution in [0, 0.1) is 6.92 Å². The Kier molecular flexibility index (Phi) is 5.72. The van der Waals surface area contributed by atoms with Crippen molar-refractivity contribution in [2.75, 3.05) is 18.0 Å². The number of anilines is 1. The maximum absolute atomic E-state index is 6.10. The van der Waals surface area contributed by atoms with Crippen molar-refractivity contribution in [3.8, 4) is 0 Å². The normalized spacial score (nSPS) is 16.1. The molecule has 1 aliphatic rings. The lowest BCUT2D eigenvalue weighted by Gasteiger charge is -2.27. The van der Waals surface area contributed by atoms with Gasteiger partial charge in [-0.2, -0.15) is 0 Å². The second kappa shape index (κ2) is 7.54. The predicted octanol–water partition coefficient (Wildman–Crippen LogP) is 3.97. The van der Waals surface area contributed by atoms with Crippen LogP contribution in [0.5, 0.6) is 0 Å². The van der Waals surface area contributed by atoms with E-state index in [9.17, 15) is 0 Å². The van der Waals surface area contributed by atoms with Gasteiger partial charge in [0.1, 0.15) is 5.82 Å². The van der Waals surface area contributed by atoms with Gasteiger partial charge >= 0.3 is 0 Å². The third-order valence-corrected chi connectivity index (χ3v) is 3.98. The lowest BCUT2D eigenvalue weighted by Crippen LogP contribution is -2.30. The van der Waals surface area contributed by atoms with E-state index in [1.54, 1.807) is 0 Å². The molecule has 0 amide bonds. The van der Waals surface area contributed by atoms with E-state index in [1.807, 2.05) is 27.0 Å². The zero-order chi connectivity index (χ0) is 16.1. The topological polar surface area (TPSA) is 55.0 Å². The Balaban J connectivity index is 0.000000847. The number of nitrogens with two attached hydrogens (primary N) is 1. The first-order valence-electron chi connectivity index (χ1n) is 8.43. The SMILES string of the molecule is CC.Cc1cc(C(C)N)c2nc(N3CCCCC3)cnc2c1. The zero-order valence-corrected chi connectivity index (χ0v) is 14.3. The Bertz CT molecular complexity index is 616. The number of hydrogen-bond acceptors (Lipinski definition) is 4. The molecule has 1 saturated heterocycles. The average Bonchev–Trinajstić information content (AvgIpc) is 2.56. The third kappa shape index (κ3) is 3.55. The van der Waals surface area contributed by atoms with E-state index in [2.05, 4.69) is 28.9 Å². The van der Waals surface area contributed by atoms with E-state index in [-0.39, 0.29) is 6.04 Å². The fraction of sp³-hybridized carbons (Fsp3) is 0.556. The fourth-order valence-corrected chi connectivity index (χ4v) is 2.90. The van der Waals surface area contributed by atoms with E-state index in [0.29, 0.717) is 0 Å². The Morgan fingerprint density at radius 1 is 1.14 bits per heavy atom. The summed E-state index contributed by atoms with van der Waals surface area (Å²) in [4.78, 5) is 11.8. The van der Waals surface area contributed by atoms with Gasteiger partial charge in [0.25, 0.3) is 0 Å². The van der Waals surface area contributed by atoms with Crippen molar-refractivity contribution in [1.29, 1.82) is 0 Å². The fourth-order valence-electron chi connectivity index (χ4n) is 2.90. The van der Waals surface area contributed by atoms with Crippen molar-refractivity contribution in [3.63, 3.8) is 0 Å². The minimum absolute atomic E-state index is 0.0247. The number of nitrogens with zero attached hydrogens (tertiary/aromatic N) is 3. The van der Waals surface area contributed by atoms with E-state index >= 15 is 0 Å². The summed E-state index contributed by atoms with van der Waals surface area (Å²) in [5, 5.41) is 0. The second-order valence-electron chi connectivity index (χ2n) is 5.79. The Hall–Kier alpha value is -1.68. The maximum Gasteiger partial charge on any atom is 0.147 e. The first kappa shape index (κ1) is 16.7. The molecule has 0 spiro atoms. The first-order chi connectivity index (χ1) is 10.6. The van der Waals surface area contributed by atoms with E-state index in [1.165, 1.54) is 24.8 Å². The molecule has 1 atom stereocenters. The van der Waals surface area contributed by atoms with Crippen LogP contribution in [-0.4, -0.2) is 23.1 Å². The number of hydrogen-bond donors (Lipinski definition) is 1. The van der Waals surface area contributed by atoms with Gasteiger partial charge in [-0.15, -0.1) is 0 Å². The number of rotatable bonds is 2. The summed E-state index contributed by atoms with van der Waals surface area (Å²) < 4.78 is 0. The average molecular weight is 300 g/mol. The highest BCUT2D eigenvalue weighted by Crippen LogP contribution is 2.25. The largest absolute Gasteiger partial charge is 0.355 e. The molecule has 1 unspecified atom stereocenters.